The molecule has 0 bridgehead atoms. The van der Waals surface area contributed by atoms with Gasteiger partial charge in [0.15, 0.2) is 0 Å². The molecule has 0 spiro atoms. The van der Waals surface area contributed by atoms with Gasteiger partial charge in [0.1, 0.15) is 22.5 Å². The molecule has 4 aromatic rings. The molecule has 0 fully saturated rings. The maximum atomic E-state index is 13.1. The maximum absolute atomic E-state index is 13.1. The Kier molecular flexibility index (Phi) is 6.71. The quantitative estimate of drug-likeness (QED) is 0.316. The van der Waals surface area contributed by atoms with Gasteiger partial charge in [0.2, 0.25) is 5.91 Å². The predicted octanol–water partition coefficient (Wildman–Crippen LogP) is 6.41. The van der Waals surface area contributed by atoms with Crippen molar-refractivity contribution >= 4 is 39.9 Å². The van der Waals surface area contributed by atoms with E-state index >= 15 is 0 Å². The highest BCUT2D eigenvalue weighted by Crippen LogP contribution is 2.32. The van der Waals surface area contributed by atoms with E-state index in [0.717, 1.165) is 31.4 Å². The van der Waals surface area contributed by atoms with E-state index < -0.39 is 0 Å². The van der Waals surface area contributed by atoms with Crippen LogP contribution in [0.25, 0.3) is 16.7 Å². The molecule has 0 aliphatic carbocycles. The van der Waals surface area contributed by atoms with E-state index in [1.165, 1.54) is 4.80 Å². The van der Waals surface area contributed by atoms with Gasteiger partial charge in [-0.05, 0) is 48.9 Å². The number of benzene rings is 3. The summed E-state index contributed by atoms with van der Waals surface area (Å²) in [6.07, 6.45) is 4.55. The molecule has 1 aromatic heterocycles. The number of aromatic nitrogens is 3. The molecule has 7 heteroatoms. The molecule has 4 rings (SSSR count). The fourth-order valence-corrected chi connectivity index (χ4v) is 3.81. The number of para-hydroxylation sites is 1. The fourth-order valence-electron chi connectivity index (χ4n) is 3.64. The van der Waals surface area contributed by atoms with Crippen LogP contribution in [0.4, 0.5) is 11.4 Å². The summed E-state index contributed by atoms with van der Waals surface area (Å²) in [5, 5.41) is 20.2. The molecule has 3 aromatic carbocycles. The lowest BCUT2D eigenvalue weighted by Gasteiger charge is -2.23. The third-order valence-corrected chi connectivity index (χ3v) is 5.52. The number of carbonyl (C=O) groups is 1. The van der Waals surface area contributed by atoms with Gasteiger partial charge in [-0.1, -0.05) is 56.0 Å². The number of amides is 1. The molecule has 0 radical (unpaired) electrons. The van der Waals surface area contributed by atoms with E-state index in [1.807, 2.05) is 30.3 Å². The lowest BCUT2D eigenvalue weighted by molar-refractivity contribution is -0.118. The number of halogens is 1. The number of phenols is 1. The highest BCUT2D eigenvalue weighted by atomic mass is 35.5. The van der Waals surface area contributed by atoms with Crippen LogP contribution in [0.15, 0.2) is 66.7 Å². The number of rotatable bonds is 8. The van der Waals surface area contributed by atoms with Crippen LogP contribution in [0.5, 0.6) is 5.75 Å². The monoisotopic (exact) mass is 448 g/mol. The summed E-state index contributed by atoms with van der Waals surface area (Å²) in [5.41, 5.74) is 3.08. The zero-order valence-electron chi connectivity index (χ0n) is 17.9. The molecule has 0 aliphatic heterocycles. The highest BCUT2D eigenvalue weighted by Gasteiger charge is 2.20. The molecular formula is C25H25ClN4O2. The van der Waals surface area contributed by atoms with Crippen LogP contribution < -0.4 is 4.90 Å². The Morgan fingerprint density at radius 3 is 2.47 bits per heavy atom. The molecule has 164 valence electrons. The van der Waals surface area contributed by atoms with Gasteiger partial charge in [0.05, 0.1) is 5.69 Å². The first-order valence-electron chi connectivity index (χ1n) is 10.8. The summed E-state index contributed by atoms with van der Waals surface area (Å²) in [4.78, 5) is 16.2. The van der Waals surface area contributed by atoms with E-state index in [9.17, 15) is 9.90 Å². The third kappa shape index (κ3) is 4.75. The van der Waals surface area contributed by atoms with Crippen molar-refractivity contribution in [1.82, 2.24) is 15.0 Å². The van der Waals surface area contributed by atoms with Crippen molar-refractivity contribution < 1.29 is 9.90 Å². The number of aromatic hydroxyl groups is 1. The standard InChI is InChI=1S/C25H25ClN4O2/c1-2-3-4-8-11-25(32)29(19-9-6-5-7-10-19)20-13-15-23(24(31)17-20)30-27-21-14-12-18(26)16-22(21)28-30/h5-7,9-10,12-17,31H,2-4,8,11H2,1H3. The second-order valence-corrected chi connectivity index (χ2v) is 8.11. The van der Waals surface area contributed by atoms with Crippen molar-refractivity contribution in [3.05, 3.63) is 71.8 Å². The normalized spacial score (nSPS) is 11.1. The molecule has 32 heavy (non-hydrogen) atoms. The molecule has 0 saturated carbocycles. The summed E-state index contributed by atoms with van der Waals surface area (Å²) < 4.78 is 0. The average molecular weight is 449 g/mol. The number of phenolic OH excluding ortho intramolecular Hbond substituents is 1. The Morgan fingerprint density at radius 2 is 1.72 bits per heavy atom. The maximum Gasteiger partial charge on any atom is 0.231 e. The minimum Gasteiger partial charge on any atom is -0.506 e. The van der Waals surface area contributed by atoms with Gasteiger partial charge >= 0.3 is 0 Å². The van der Waals surface area contributed by atoms with E-state index in [4.69, 9.17) is 11.6 Å². The van der Waals surface area contributed by atoms with Crippen molar-refractivity contribution in [1.29, 1.82) is 0 Å². The van der Waals surface area contributed by atoms with Gasteiger partial charge in [0.25, 0.3) is 0 Å². The summed E-state index contributed by atoms with van der Waals surface area (Å²) in [5.74, 6) is -0.0225. The van der Waals surface area contributed by atoms with Crippen molar-refractivity contribution in [2.45, 2.75) is 39.0 Å². The van der Waals surface area contributed by atoms with Crippen LogP contribution in [0.3, 0.4) is 0 Å². The topological polar surface area (TPSA) is 71.2 Å². The zero-order valence-corrected chi connectivity index (χ0v) is 18.7. The van der Waals surface area contributed by atoms with Gasteiger partial charge in [-0.3, -0.25) is 9.69 Å². The first-order chi connectivity index (χ1) is 15.6. The van der Waals surface area contributed by atoms with Gasteiger partial charge in [0, 0.05) is 23.2 Å². The number of anilines is 2. The first kappa shape index (κ1) is 21.8. The van der Waals surface area contributed by atoms with Crippen molar-refractivity contribution in [2.24, 2.45) is 0 Å². The van der Waals surface area contributed by atoms with Crippen molar-refractivity contribution in [3.8, 4) is 11.4 Å². The number of fused-ring (bicyclic) bond motifs is 1. The van der Waals surface area contributed by atoms with E-state index in [2.05, 4.69) is 17.1 Å². The van der Waals surface area contributed by atoms with Crippen molar-refractivity contribution in [3.63, 3.8) is 0 Å². The molecule has 1 N–H and O–H groups in total. The summed E-state index contributed by atoms with van der Waals surface area (Å²) >= 11 is 6.04. The Balaban J connectivity index is 1.65. The van der Waals surface area contributed by atoms with Crippen LogP contribution >= 0.6 is 11.6 Å². The number of nitrogens with zero attached hydrogens (tertiary/aromatic N) is 4. The van der Waals surface area contributed by atoms with Crippen LogP contribution in [-0.4, -0.2) is 26.0 Å². The second-order valence-electron chi connectivity index (χ2n) is 7.67. The van der Waals surface area contributed by atoms with Gasteiger partial charge < -0.3 is 5.11 Å². The molecule has 0 saturated heterocycles. The highest BCUT2D eigenvalue weighted by molar-refractivity contribution is 6.31. The van der Waals surface area contributed by atoms with E-state index in [-0.39, 0.29) is 11.7 Å². The molecule has 0 unspecified atom stereocenters. The minimum absolute atomic E-state index is 0.00273. The Bertz CT molecular complexity index is 1220. The minimum atomic E-state index is -0.0198. The molecule has 6 nitrogen and oxygen atoms in total. The van der Waals surface area contributed by atoms with Crippen LogP contribution in [-0.2, 0) is 4.79 Å². The fraction of sp³-hybridized carbons (Fsp3) is 0.240. The Labute approximate surface area is 192 Å². The third-order valence-electron chi connectivity index (χ3n) is 5.28. The lowest BCUT2D eigenvalue weighted by Crippen LogP contribution is -2.25. The molecule has 1 heterocycles. The number of hydrogen-bond acceptors (Lipinski definition) is 4. The summed E-state index contributed by atoms with van der Waals surface area (Å²) in [7, 11) is 0. The van der Waals surface area contributed by atoms with Crippen LogP contribution in [0, 0.1) is 0 Å². The molecule has 0 atom stereocenters. The zero-order chi connectivity index (χ0) is 22.5. The first-order valence-corrected chi connectivity index (χ1v) is 11.2. The number of hydrogen-bond donors (Lipinski definition) is 1. The van der Waals surface area contributed by atoms with E-state index in [0.29, 0.717) is 33.9 Å². The van der Waals surface area contributed by atoms with Crippen LogP contribution in [0.1, 0.15) is 39.0 Å². The number of unbranched alkanes of at least 4 members (excludes halogenated alkanes) is 3. The second kappa shape index (κ2) is 9.83. The molecule has 0 aliphatic rings. The lowest BCUT2D eigenvalue weighted by atomic mass is 10.1. The van der Waals surface area contributed by atoms with Gasteiger partial charge in [-0.25, -0.2) is 0 Å². The van der Waals surface area contributed by atoms with Crippen molar-refractivity contribution in [2.75, 3.05) is 4.90 Å². The average Bonchev–Trinajstić information content (AvgIpc) is 3.20. The summed E-state index contributed by atoms with van der Waals surface area (Å²) in [6.45, 7) is 2.15. The van der Waals surface area contributed by atoms with E-state index in [1.54, 1.807) is 41.3 Å². The largest absolute Gasteiger partial charge is 0.506 e. The number of carbonyl (C=O) groups excluding carboxylic acids is 1. The van der Waals surface area contributed by atoms with Gasteiger partial charge in [-0.15, -0.1) is 15.0 Å². The molecule has 1 amide bonds. The summed E-state index contributed by atoms with van der Waals surface area (Å²) in [6, 6.07) is 19.8. The van der Waals surface area contributed by atoms with Gasteiger partial charge in [-0.2, -0.15) is 0 Å². The predicted molar refractivity (Wildman–Crippen MR) is 128 cm³/mol. The Morgan fingerprint density at radius 1 is 0.938 bits per heavy atom. The van der Waals surface area contributed by atoms with Crippen LogP contribution in [0.2, 0.25) is 5.02 Å². The SMILES string of the molecule is CCCCCCC(=O)N(c1ccccc1)c1ccc(-n2nc3ccc(Cl)cc3n2)c(O)c1. The Hall–Kier alpha value is -3.38. The molecular weight excluding hydrogens is 424 g/mol. The smallest absolute Gasteiger partial charge is 0.231 e.